The standard InChI is InChI=1S/C14H15N3O3/c1-9-4-14(18)17(8-16-9)7-10-5-12-13(6-11(10)15)20-3-2-19-12/h4-6,8H,2-3,7,15H2,1H3. The van der Waals surface area contributed by atoms with Gasteiger partial charge in [0.2, 0.25) is 0 Å². The van der Waals surface area contributed by atoms with Crippen LogP contribution < -0.4 is 20.8 Å². The number of benzene rings is 1. The highest BCUT2D eigenvalue weighted by Gasteiger charge is 2.15. The molecule has 0 spiro atoms. The van der Waals surface area contributed by atoms with E-state index < -0.39 is 0 Å². The highest BCUT2D eigenvalue weighted by Crippen LogP contribution is 2.34. The minimum Gasteiger partial charge on any atom is -0.486 e. The van der Waals surface area contributed by atoms with Crippen molar-refractivity contribution in [3.05, 3.63) is 46.1 Å². The monoisotopic (exact) mass is 273 g/mol. The Hall–Kier alpha value is -2.50. The Kier molecular flexibility index (Phi) is 3.06. The predicted octanol–water partition coefficient (Wildman–Crippen LogP) is 0.953. The van der Waals surface area contributed by atoms with E-state index >= 15 is 0 Å². The van der Waals surface area contributed by atoms with Crippen LogP contribution in [0.25, 0.3) is 0 Å². The second kappa shape index (κ2) is 4.88. The molecule has 2 aromatic rings. The predicted molar refractivity (Wildman–Crippen MR) is 74.2 cm³/mol. The van der Waals surface area contributed by atoms with Crippen molar-refractivity contribution >= 4 is 5.69 Å². The number of hydrogen-bond donors (Lipinski definition) is 1. The SMILES string of the molecule is Cc1cc(=O)n(Cc2cc3c(cc2N)OCCO3)cn1. The van der Waals surface area contributed by atoms with Crippen molar-refractivity contribution in [3.8, 4) is 11.5 Å². The maximum Gasteiger partial charge on any atom is 0.253 e. The normalized spacial score (nSPS) is 13.2. The van der Waals surface area contributed by atoms with Gasteiger partial charge in [-0.15, -0.1) is 0 Å². The zero-order valence-electron chi connectivity index (χ0n) is 11.1. The van der Waals surface area contributed by atoms with Gasteiger partial charge in [-0.3, -0.25) is 9.36 Å². The molecule has 2 N–H and O–H groups in total. The average Bonchev–Trinajstić information content (AvgIpc) is 2.42. The molecule has 0 atom stereocenters. The molecule has 1 aliphatic heterocycles. The molecular formula is C14H15N3O3. The number of fused-ring (bicyclic) bond motifs is 1. The summed E-state index contributed by atoms with van der Waals surface area (Å²) in [5.74, 6) is 1.31. The summed E-state index contributed by atoms with van der Waals surface area (Å²) in [6.07, 6.45) is 1.52. The van der Waals surface area contributed by atoms with E-state index in [1.54, 1.807) is 13.0 Å². The fourth-order valence-corrected chi connectivity index (χ4v) is 2.10. The summed E-state index contributed by atoms with van der Waals surface area (Å²) in [6, 6.07) is 5.04. The van der Waals surface area contributed by atoms with Crippen LogP contribution in [0.15, 0.2) is 29.3 Å². The molecule has 0 unspecified atom stereocenters. The van der Waals surface area contributed by atoms with E-state index in [2.05, 4.69) is 4.98 Å². The van der Waals surface area contributed by atoms with Gasteiger partial charge < -0.3 is 15.2 Å². The lowest BCUT2D eigenvalue weighted by Gasteiger charge is -2.20. The molecule has 0 radical (unpaired) electrons. The third-order valence-electron chi connectivity index (χ3n) is 3.16. The van der Waals surface area contributed by atoms with Crippen molar-refractivity contribution in [3.63, 3.8) is 0 Å². The Labute approximate surface area is 115 Å². The van der Waals surface area contributed by atoms with Crippen LogP contribution in [0, 0.1) is 6.92 Å². The molecule has 0 saturated carbocycles. The highest BCUT2D eigenvalue weighted by molar-refractivity contribution is 5.58. The maximum atomic E-state index is 11.9. The number of ether oxygens (including phenoxy) is 2. The summed E-state index contributed by atoms with van der Waals surface area (Å²) < 4.78 is 12.5. The molecule has 20 heavy (non-hydrogen) atoms. The van der Waals surface area contributed by atoms with Crippen molar-refractivity contribution < 1.29 is 9.47 Å². The first kappa shape index (κ1) is 12.5. The molecule has 0 bridgehead atoms. The van der Waals surface area contributed by atoms with Crippen LogP contribution in [0.4, 0.5) is 5.69 Å². The molecule has 1 aromatic heterocycles. The van der Waals surface area contributed by atoms with E-state index in [4.69, 9.17) is 15.2 Å². The van der Waals surface area contributed by atoms with Gasteiger partial charge in [-0.1, -0.05) is 0 Å². The second-order valence-electron chi connectivity index (χ2n) is 4.69. The third kappa shape index (κ3) is 2.32. The fraction of sp³-hybridized carbons (Fsp3) is 0.286. The molecule has 0 fully saturated rings. The molecule has 0 saturated heterocycles. The summed E-state index contributed by atoms with van der Waals surface area (Å²) >= 11 is 0. The smallest absolute Gasteiger partial charge is 0.253 e. The Morgan fingerprint density at radius 3 is 2.65 bits per heavy atom. The van der Waals surface area contributed by atoms with E-state index in [0.29, 0.717) is 42.6 Å². The van der Waals surface area contributed by atoms with E-state index in [0.717, 1.165) is 5.56 Å². The third-order valence-corrected chi connectivity index (χ3v) is 3.16. The van der Waals surface area contributed by atoms with E-state index in [1.165, 1.54) is 17.0 Å². The van der Waals surface area contributed by atoms with Crippen LogP contribution >= 0.6 is 0 Å². The van der Waals surface area contributed by atoms with Crippen LogP contribution in [0.3, 0.4) is 0 Å². The van der Waals surface area contributed by atoms with Crippen LogP contribution in [-0.2, 0) is 6.54 Å². The molecule has 0 amide bonds. The minimum absolute atomic E-state index is 0.105. The van der Waals surface area contributed by atoms with E-state index in [-0.39, 0.29) is 5.56 Å². The van der Waals surface area contributed by atoms with Crippen molar-refractivity contribution in [2.45, 2.75) is 13.5 Å². The largest absolute Gasteiger partial charge is 0.486 e. The van der Waals surface area contributed by atoms with E-state index in [1.807, 2.05) is 6.07 Å². The summed E-state index contributed by atoms with van der Waals surface area (Å²) in [5.41, 5.74) is 7.97. The molecule has 6 heteroatoms. The van der Waals surface area contributed by atoms with Crippen molar-refractivity contribution in [1.29, 1.82) is 0 Å². The second-order valence-corrected chi connectivity index (χ2v) is 4.69. The van der Waals surface area contributed by atoms with Crippen LogP contribution in [-0.4, -0.2) is 22.8 Å². The molecule has 104 valence electrons. The van der Waals surface area contributed by atoms with Gasteiger partial charge in [0.05, 0.1) is 12.9 Å². The van der Waals surface area contributed by atoms with Gasteiger partial charge in [0, 0.05) is 23.5 Å². The first-order chi connectivity index (χ1) is 9.63. The number of nitrogen functional groups attached to an aromatic ring is 1. The zero-order valence-corrected chi connectivity index (χ0v) is 11.1. The van der Waals surface area contributed by atoms with E-state index in [9.17, 15) is 4.79 Å². The Bertz CT molecular complexity index is 709. The number of nitrogens with two attached hydrogens (primary N) is 1. The number of hydrogen-bond acceptors (Lipinski definition) is 5. The van der Waals surface area contributed by atoms with Crippen LogP contribution in [0.1, 0.15) is 11.3 Å². The van der Waals surface area contributed by atoms with Gasteiger partial charge in [-0.2, -0.15) is 0 Å². The first-order valence-electron chi connectivity index (χ1n) is 6.34. The van der Waals surface area contributed by atoms with Gasteiger partial charge in [0.25, 0.3) is 5.56 Å². The van der Waals surface area contributed by atoms with Crippen molar-refractivity contribution in [2.75, 3.05) is 18.9 Å². The highest BCUT2D eigenvalue weighted by atomic mass is 16.6. The lowest BCUT2D eigenvalue weighted by Crippen LogP contribution is -2.21. The van der Waals surface area contributed by atoms with Gasteiger partial charge in [0.1, 0.15) is 13.2 Å². The number of rotatable bonds is 2. The molecule has 2 heterocycles. The Balaban J connectivity index is 1.96. The quantitative estimate of drug-likeness (QED) is 0.824. The molecule has 6 nitrogen and oxygen atoms in total. The lowest BCUT2D eigenvalue weighted by atomic mass is 10.1. The Morgan fingerprint density at radius 1 is 1.25 bits per heavy atom. The Morgan fingerprint density at radius 2 is 1.95 bits per heavy atom. The zero-order chi connectivity index (χ0) is 14.1. The summed E-state index contributed by atoms with van der Waals surface area (Å²) in [6.45, 7) is 3.17. The molecule has 1 aromatic carbocycles. The van der Waals surface area contributed by atoms with Gasteiger partial charge in [0.15, 0.2) is 11.5 Å². The molecule has 3 rings (SSSR count). The van der Waals surface area contributed by atoms with Gasteiger partial charge in [-0.05, 0) is 18.6 Å². The number of nitrogens with zero attached hydrogens (tertiary/aromatic N) is 2. The maximum absolute atomic E-state index is 11.9. The summed E-state index contributed by atoms with van der Waals surface area (Å²) in [5, 5.41) is 0. The first-order valence-corrected chi connectivity index (χ1v) is 6.34. The van der Waals surface area contributed by atoms with Crippen molar-refractivity contribution in [2.24, 2.45) is 0 Å². The van der Waals surface area contributed by atoms with Crippen LogP contribution in [0.5, 0.6) is 11.5 Å². The van der Waals surface area contributed by atoms with Gasteiger partial charge >= 0.3 is 0 Å². The molecule has 0 aliphatic carbocycles. The van der Waals surface area contributed by atoms with Crippen LogP contribution in [0.2, 0.25) is 0 Å². The molecular weight excluding hydrogens is 258 g/mol. The number of aromatic nitrogens is 2. The summed E-state index contributed by atoms with van der Waals surface area (Å²) in [4.78, 5) is 16.0. The number of anilines is 1. The number of aryl methyl sites for hydroxylation is 1. The average molecular weight is 273 g/mol. The topological polar surface area (TPSA) is 79.4 Å². The summed E-state index contributed by atoms with van der Waals surface area (Å²) in [7, 11) is 0. The van der Waals surface area contributed by atoms with Crippen molar-refractivity contribution in [1.82, 2.24) is 9.55 Å². The van der Waals surface area contributed by atoms with Gasteiger partial charge in [-0.25, -0.2) is 4.98 Å². The fourth-order valence-electron chi connectivity index (χ4n) is 2.10. The minimum atomic E-state index is -0.105. The molecule has 1 aliphatic rings. The lowest BCUT2D eigenvalue weighted by molar-refractivity contribution is 0.171.